The number of benzene rings is 1. The number of amides is 1. The number of hydrogen-bond donors (Lipinski definition) is 2. The first-order valence-electron chi connectivity index (χ1n) is 8.65. The van der Waals surface area contributed by atoms with Gasteiger partial charge in [0.05, 0.1) is 23.6 Å². The highest BCUT2D eigenvalue weighted by molar-refractivity contribution is 5.82. The summed E-state index contributed by atoms with van der Waals surface area (Å²) in [5.41, 5.74) is 8.17. The van der Waals surface area contributed by atoms with Crippen LogP contribution in [0.3, 0.4) is 0 Å². The van der Waals surface area contributed by atoms with Gasteiger partial charge in [0, 0.05) is 19.3 Å². The van der Waals surface area contributed by atoms with Crippen molar-refractivity contribution in [2.45, 2.75) is 45.3 Å². The van der Waals surface area contributed by atoms with Crippen LogP contribution in [-0.2, 0) is 16.1 Å². The molecule has 3 N–H and O–H groups in total. The van der Waals surface area contributed by atoms with E-state index >= 15 is 0 Å². The zero-order valence-corrected chi connectivity index (χ0v) is 14.4. The number of fused-ring (bicyclic) bond motifs is 1. The number of hydrogen-bond acceptors (Lipinski definition) is 4. The number of aromatic nitrogens is 2. The maximum absolute atomic E-state index is 12.4. The fourth-order valence-electron chi connectivity index (χ4n) is 3.37. The first-order chi connectivity index (χ1) is 11.6. The van der Waals surface area contributed by atoms with Gasteiger partial charge in [0.25, 0.3) is 0 Å². The van der Waals surface area contributed by atoms with Gasteiger partial charge < -0.3 is 20.4 Å². The highest BCUT2D eigenvalue weighted by atomic mass is 16.5. The summed E-state index contributed by atoms with van der Waals surface area (Å²) in [5, 5.41) is 2.96. The summed E-state index contributed by atoms with van der Waals surface area (Å²) < 4.78 is 7.50. The second-order valence-electron chi connectivity index (χ2n) is 6.67. The van der Waals surface area contributed by atoms with Gasteiger partial charge in [-0.15, -0.1) is 0 Å². The van der Waals surface area contributed by atoms with Gasteiger partial charge in [-0.3, -0.25) is 4.79 Å². The zero-order chi connectivity index (χ0) is 17.1. The molecule has 130 valence electrons. The predicted molar refractivity (Wildman–Crippen MR) is 93.5 cm³/mol. The molecule has 6 heteroatoms. The molecule has 3 rings (SSSR count). The van der Waals surface area contributed by atoms with E-state index in [1.54, 1.807) is 0 Å². The molecule has 0 saturated carbocycles. The number of carbonyl (C=O) groups excluding carboxylic acids is 1. The fourth-order valence-corrected chi connectivity index (χ4v) is 3.37. The number of nitrogens with two attached hydrogens (primary N) is 1. The number of imidazole rings is 1. The highest BCUT2D eigenvalue weighted by Crippen LogP contribution is 2.21. The van der Waals surface area contributed by atoms with Crippen molar-refractivity contribution in [3.05, 3.63) is 30.1 Å². The maximum atomic E-state index is 12.4. The molecule has 1 fully saturated rings. The second kappa shape index (κ2) is 7.32. The average molecular weight is 330 g/mol. The second-order valence-corrected chi connectivity index (χ2v) is 6.67. The normalized spacial score (nSPS) is 17.3. The summed E-state index contributed by atoms with van der Waals surface area (Å²) in [7, 11) is 0. The Morgan fingerprint density at radius 1 is 1.38 bits per heavy atom. The van der Waals surface area contributed by atoms with Gasteiger partial charge in [-0.2, -0.15) is 0 Å². The van der Waals surface area contributed by atoms with Crippen molar-refractivity contribution in [1.82, 2.24) is 14.9 Å². The van der Waals surface area contributed by atoms with E-state index in [1.165, 1.54) is 0 Å². The van der Waals surface area contributed by atoms with Crippen molar-refractivity contribution < 1.29 is 9.53 Å². The average Bonchev–Trinajstić information content (AvgIpc) is 2.98. The summed E-state index contributed by atoms with van der Waals surface area (Å²) in [5.74, 6) is 0.950. The lowest BCUT2D eigenvalue weighted by molar-refractivity contribution is -0.124. The Labute approximate surface area is 142 Å². The Bertz CT molecular complexity index is 704. The van der Waals surface area contributed by atoms with Crippen LogP contribution >= 0.6 is 0 Å². The number of ether oxygens (including phenoxy) is 1. The van der Waals surface area contributed by atoms with Gasteiger partial charge in [0.2, 0.25) is 5.91 Å². The Hall–Kier alpha value is -1.92. The van der Waals surface area contributed by atoms with Crippen molar-refractivity contribution in [2.75, 3.05) is 13.2 Å². The van der Waals surface area contributed by atoms with Crippen molar-refractivity contribution in [3.63, 3.8) is 0 Å². The molecule has 0 bridgehead atoms. The first kappa shape index (κ1) is 16.9. The molecule has 1 unspecified atom stereocenters. The van der Waals surface area contributed by atoms with Crippen molar-refractivity contribution in [3.8, 4) is 0 Å². The van der Waals surface area contributed by atoms with Gasteiger partial charge in [-0.25, -0.2) is 4.98 Å². The van der Waals surface area contributed by atoms with E-state index in [0.717, 1.165) is 29.7 Å². The quantitative estimate of drug-likeness (QED) is 0.878. The van der Waals surface area contributed by atoms with Crippen molar-refractivity contribution >= 4 is 16.9 Å². The molecule has 1 amide bonds. The van der Waals surface area contributed by atoms with Crippen LogP contribution in [0.4, 0.5) is 0 Å². The number of carbonyl (C=O) groups is 1. The predicted octanol–water partition coefficient (Wildman–Crippen LogP) is 1.99. The van der Waals surface area contributed by atoms with Gasteiger partial charge in [0.15, 0.2) is 0 Å². The fraction of sp³-hybridized carbons (Fsp3) is 0.556. The van der Waals surface area contributed by atoms with Crippen molar-refractivity contribution in [2.24, 2.45) is 11.7 Å². The Balaban J connectivity index is 1.70. The minimum absolute atomic E-state index is 0.107. The maximum Gasteiger partial charge on any atom is 0.237 e. The van der Waals surface area contributed by atoms with Crippen LogP contribution in [0, 0.1) is 5.92 Å². The summed E-state index contributed by atoms with van der Waals surface area (Å²) in [6, 6.07) is 7.82. The molecule has 2 heterocycles. The summed E-state index contributed by atoms with van der Waals surface area (Å²) in [4.78, 5) is 17.1. The van der Waals surface area contributed by atoms with Crippen LogP contribution in [0.1, 0.15) is 38.6 Å². The molecule has 1 saturated heterocycles. The lowest BCUT2D eigenvalue weighted by Gasteiger charge is -2.26. The molecule has 1 aliphatic rings. The lowest BCUT2D eigenvalue weighted by atomic mass is 9.92. The van der Waals surface area contributed by atoms with E-state index in [1.807, 2.05) is 18.2 Å². The van der Waals surface area contributed by atoms with E-state index in [0.29, 0.717) is 19.8 Å². The molecule has 24 heavy (non-hydrogen) atoms. The largest absolute Gasteiger partial charge is 0.381 e. The Morgan fingerprint density at radius 2 is 2.08 bits per heavy atom. The van der Waals surface area contributed by atoms with E-state index < -0.39 is 6.04 Å². The smallest absolute Gasteiger partial charge is 0.237 e. The number of rotatable bonds is 5. The Kier molecular flexibility index (Phi) is 5.16. The molecular weight excluding hydrogens is 304 g/mol. The molecule has 1 aromatic carbocycles. The molecule has 0 radical (unpaired) electrons. The minimum Gasteiger partial charge on any atom is -0.381 e. The van der Waals surface area contributed by atoms with E-state index in [4.69, 9.17) is 10.5 Å². The number of nitrogens with zero attached hydrogens (tertiary/aromatic N) is 2. The topological polar surface area (TPSA) is 82.2 Å². The SMILES string of the molecule is CC(C)n1c(CNC(=O)C(N)C2CCOCC2)nc2ccccc21. The van der Waals surface area contributed by atoms with Gasteiger partial charge >= 0.3 is 0 Å². The standard InChI is InChI=1S/C18H26N4O2/c1-12(2)22-15-6-4-3-5-14(15)21-16(22)11-20-18(23)17(19)13-7-9-24-10-8-13/h3-6,12-13,17H,7-11,19H2,1-2H3,(H,20,23). The molecule has 1 aromatic heterocycles. The van der Waals surface area contributed by atoms with Crippen LogP contribution in [-0.4, -0.2) is 34.7 Å². The number of nitrogens with one attached hydrogen (secondary N) is 1. The molecule has 1 aliphatic heterocycles. The summed E-state index contributed by atoms with van der Waals surface area (Å²) in [6.45, 7) is 6.01. The minimum atomic E-state index is -0.481. The molecule has 0 aliphatic carbocycles. The molecular formula is C18H26N4O2. The molecule has 0 spiro atoms. The van der Waals surface area contributed by atoms with E-state index in [9.17, 15) is 4.79 Å². The van der Waals surface area contributed by atoms with Gasteiger partial charge in [-0.1, -0.05) is 12.1 Å². The zero-order valence-electron chi connectivity index (χ0n) is 14.4. The van der Waals surface area contributed by atoms with E-state index in [-0.39, 0.29) is 17.9 Å². The first-order valence-corrected chi connectivity index (χ1v) is 8.65. The molecule has 6 nitrogen and oxygen atoms in total. The van der Waals surface area contributed by atoms with E-state index in [2.05, 4.69) is 34.8 Å². The monoisotopic (exact) mass is 330 g/mol. The Morgan fingerprint density at radius 3 is 2.79 bits per heavy atom. The van der Waals surface area contributed by atoms with Crippen LogP contribution in [0.25, 0.3) is 11.0 Å². The third-order valence-electron chi connectivity index (χ3n) is 4.68. The molecule has 1 atom stereocenters. The third kappa shape index (κ3) is 3.44. The number of para-hydroxylation sites is 2. The van der Waals surface area contributed by atoms with Gasteiger partial charge in [0.1, 0.15) is 5.82 Å². The van der Waals surface area contributed by atoms with Gasteiger partial charge in [-0.05, 0) is 44.7 Å². The van der Waals surface area contributed by atoms with Crippen LogP contribution in [0.15, 0.2) is 24.3 Å². The third-order valence-corrected chi connectivity index (χ3v) is 4.68. The van der Waals surface area contributed by atoms with Crippen LogP contribution < -0.4 is 11.1 Å². The van der Waals surface area contributed by atoms with Crippen LogP contribution in [0.2, 0.25) is 0 Å². The highest BCUT2D eigenvalue weighted by Gasteiger charge is 2.26. The van der Waals surface area contributed by atoms with Crippen molar-refractivity contribution in [1.29, 1.82) is 0 Å². The molecule has 2 aromatic rings. The van der Waals surface area contributed by atoms with Crippen LogP contribution in [0.5, 0.6) is 0 Å². The summed E-state index contributed by atoms with van der Waals surface area (Å²) >= 11 is 0. The summed E-state index contributed by atoms with van der Waals surface area (Å²) in [6.07, 6.45) is 1.69. The lowest BCUT2D eigenvalue weighted by Crippen LogP contribution is -2.47.